The lowest BCUT2D eigenvalue weighted by Crippen LogP contribution is -2.44. The minimum atomic E-state index is -4.17. The second-order valence-electron chi connectivity index (χ2n) is 8.17. The van der Waals surface area contributed by atoms with Crippen LogP contribution in [-0.4, -0.2) is 55.4 Å². The van der Waals surface area contributed by atoms with E-state index in [2.05, 4.69) is 4.98 Å². The van der Waals surface area contributed by atoms with Gasteiger partial charge in [-0.2, -0.15) is 0 Å². The van der Waals surface area contributed by atoms with Gasteiger partial charge in [-0.1, -0.05) is 24.6 Å². The number of carbonyl (C=O) groups is 1. The highest BCUT2D eigenvalue weighted by molar-refractivity contribution is 7.93. The first-order chi connectivity index (χ1) is 16.1. The van der Waals surface area contributed by atoms with Crippen LogP contribution in [0.15, 0.2) is 40.9 Å². The van der Waals surface area contributed by atoms with Crippen molar-refractivity contribution in [1.82, 2.24) is 4.98 Å². The molecule has 0 bridgehead atoms. The smallest absolute Gasteiger partial charge is 0.303 e. The molecular formula is C24H30N2O7S. The highest BCUT2D eigenvalue weighted by Crippen LogP contribution is 2.40. The molecule has 0 spiro atoms. The van der Waals surface area contributed by atoms with Crippen LogP contribution in [0.25, 0.3) is 6.08 Å². The lowest BCUT2D eigenvalue weighted by atomic mass is 10.1. The van der Waals surface area contributed by atoms with E-state index in [4.69, 9.17) is 19.7 Å². The van der Waals surface area contributed by atoms with E-state index in [1.54, 1.807) is 19.1 Å². The number of allylic oxidation sites excluding steroid dienone is 1. The number of nitrogens with zero attached hydrogens (tertiary/aromatic N) is 2. The van der Waals surface area contributed by atoms with Gasteiger partial charge in [0.05, 0.1) is 18.8 Å². The summed E-state index contributed by atoms with van der Waals surface area (Å²) in [6.07, 6.45) is 3.68. The number of anilines is 1. The van der Waals surface area contributed by atoms with Gasteiger partial charge in [0.2, 0.25) is 5.88 Å². The summed E-state index contributed by atoms with van der Waals surface area (Å²) < 4.78 is 40.5. The Morgan fingerprint density at radius 3 is 2.79 bits per heavy atom. The van der Waals surface area contributed by atoms with Crippen molar-refractivity contribution < 1.29 is 32.9 Å². The van der Waals surface area contributed by atoms with Crippen LogP contribution >= 0.6 is 0 Å². The van der Waals surface area contributed by atoms with E-state index in [1.165, 1.54) is 16.6 Å². The van der Waals surface area contributed by atoms with Crippen LogP contribution in [0.1, 0.15) is 44.2 Å². The highest BCUT2D eigenvalue weighted by atomic mass is 32.2. The number of aromatic nitrogens is 1. The fourth-order valence-electron chi connectivity index (χ4n) is 3.55. The molecule has 184 valence electrons. The summed E-state index contributed by atoms with van der Waals surface area (Å²) in [6.45, 7) is 5.30. The summed E-state index contributed by atoms with van der Waals surface area (Å²) in [7, 11) is -4.17. The van der Waals surface area contributed by atoms with Crippen LogP contribution < -0.4 is 13.8 Å². The van der Waals surface area contributed by atoms with E-state index in [-0.39, 0.29) is 43.4 Å². The third-order valence-corrected chi connectivity index (χ3v) is 7.19. The van der Waals surface area contributed by atoms with Crippen molar-refractivity contribution in [3.05, 3.63) is 47.2 Å². The van der Waals surface area contributed by atoms with E-state index in [9.17, 15) is 13.2 Å². The number of sulfonamides is 1. The third kappa shape index (κ3) is 5.87. The molecule has 1 aromatic heterocycles. The molecule has 10 heteroatoms. The third-order valence-electron chi connectivity index (χ3n) is 5.42. The number of pyridine rings is 1. The van der Waals surface area contributed by atoms with Crippen LogP contribution in [0.2, 0.25) is 0 Å². The molecule has 1 aliphatic rings. The summed E-state index contributed by atoms with van der Waals surface area (Å²) in [6, 6.07) is 6.77. The second-order valence-corrected chi connectivity index (χ2v) is 10.00. The van der Waals surface area contributed by atoms with Crippen molar-refractivity contribution in [2.24, 2.45) is 0 Å². The molecule has 1 atom stereocenters. The first kappa shape index (κ1) is 25.5. The molecule has 0 unspecified atom stereocenters. The number of carboxylic acids is 1. The summed E-state index contributed by atoms with van der Waals surface area (Å²) in [5.74, 6) is -0.732. The number of ether oxygens (including phenoxy) is 2. The standard InChI is InChI=1S/C24H30N2O7S/c1-4-16(2)11-18-5-7-21-20(13-18)26(15-19(33-21)6-8-23(28)29)34(30,31)22-12-17(3)14-25-24(22)32-10-9-27/h5,7,11-14,19,27H,4,6,8-10,15H2,1-3H3,(H,28,29)/b16-11-/t19-/m0/s1. The molecule has 0 fully saturated rings. The van der Waals surface area contributed by atoms with Gasteiger partial charge in [0.1, 0.15) is 23.4 Å². The van der Waals surface area contributed by atoms with Crippen LogP contribution in [0.5, 0.6) is 11.6 Å². The zero-order valence-electron chi connectivity index (χ0n) is 19.5. The van der Waals surface area contributed by atoms with Crippen LogP contribution in [0.3, 0.4) is 0 Å². The van der Waals surface area contributed by atoms with Crippen molar-refractivity contribution in [2.45, 2.75) is 51.0 Å². The van der Waals surface area contributed by atoms with Crippen LogP contribution in [0.4, 0.5) is 5.69 Å². The largest absolute Gasteiger partial charge is 0.486 e. The minimum Gasteiger partial charge on any atom is -0.486 e. The molecule has 0 radical (unpaired) electrons. The number of aliphatic carboxylic acids is 1. The molecule has 2 heterocycles. The molecule has 0 saturated heterocycles. The highest BCUT2D eigenvalue weighted by Gasteiger charge is 2.37. The molecule has 2 aromatic rings. The number of carboxylic acid groups (broad SMARTS) is 1. The first-order valence-corrected chi connectivity index (χ1v) is 12.5. The van der Waals surface area contributed by atoms with Crippen molar-refractivity contribution in [2.75, 3.05) is 24.1 Å². The average molecular weight is 491 g/mol. The summed E-state index contributed by atoms with van der Waals surface area (Å²) in [5.41, 5.74) is 2.94. The van der Waals surface area contributed by atoms with E-state index in [0.717, 1.165) is 17.6 Å². The van der Waals surface area contributed by atoms with E-state index in [1.807, 2.05) is 26.0 Å². The molecule has 0 saturated carbocycles. The van der Waals surface area contributed by atoms with Crippen molar-refractivity contribution in [3.63, 3.8) is 0 Å². The van der Waals surface area contributed by atoms with Crippen molar-refractivity contribution in [1.29, 1.82) is 0 Å². The minimum absolute atomic E-state index is 0.0596. The quantitative estimate of drug-likeness (QED) is 0.519. The molecule has 1 aromatic carbocycles. The molecular weight excluding hydrogens is 460 g/mol. The van der Waals surface area contributed by atoms with Crippen molar-refractivity contribution >= 4 is 27.8 Å². The molecule has 0 amide bonds. The Labute approximate surface area is 199 Å². The van der Waals surface area contributed by atoms with Gasteiger partial charge in [-0.25, -0.2) is 13.4 Å². The predicted molar refractivity (Wildman–Crippen MR) is 128 cm³/mol. The molecule has 0 aliphatic carbocycles. The molecule has 3 rings (SSSR count). The maximum atomic E-state index is 13.9. The molecule has 2 N–H and O–H groups in total. The van der Waals surface area contributed by atoms with Crippen molar-refractivity contribution in [3.8, 4) is 11.6 Å². The average Bonchev–Trinajstić information content (AvgIpc) is 2.81. The SMILES string of the molecule is CC/C(C)=C\c1ccc2c(c1)N(S(=O)(=O)c1cc(C)cnc1OCCO)C[C@H](CCC(=O)O)O2. The zero-order valence-corrected chi connectivity index (χ0v) is 20.3. The van der Waals surface area contributed by atoms with Gasteiger partial charge in [0, 0.05) is 12.6 Å². The lowest BCUT2D eigenvalue weighted by Gasteiger charge is -2.35. The number of fused-ring (bicyclic) bond motifs is 1. The number of hydrogen-bond acceptors (Lipinski definition) is 7. The Hall–Kier alpha value is -3.11. The van der Waals surface area contributed by atoms with Crippen LogP contribution in [-0.2, 0) is 14.8 Å². The first-order valence-electron chi connectivity index (χ1n) is 11.1. The maximum Gasteiger partial charge on any atom is 0.303 e. The number of aliphatic hydroxyl groups excluding tert-OH is 1. The normalized spacial score (nSPS) is 16.1. The predicted octanol–water partition coefficient (Wildman–Crippen LogP) is 3.40. The Bertz CT molecular complexity index is 1180. The molecule has 34 heavy (non-hydrogen) atoms. The van der Waals surface area contributed by atoms with E-state index >= 15 is 0 Å². The number of aliphatic hydroxyl groups is 1. The Morgan fingerprint density at radius 1 is 1.35 bits per heavy atom. The van der Waals surface area contributed by atoms with Crippen LogP contribution in [0, 0.1) is 6.92 Å². The topological polar surface area (TPSA) is 126 Å². The maximum absolute atomic E-state index is 13.9. The van der Waals surface area contributed by atoms with Gasteiger partial charge in [-0.15, -0.1) is 0 Å². The Morgan fingerprint density at radius 2 is 2.12 bits per heavy atom. The molecule has 1 aliphatic heterocycles. The van der Waals surface area contributed by atoms with Gasteiger partial charge in [0.25, 0.3) is 10.0 Å². The number of aryl methyl sites for hydroxylation is 1. The van der Waals surface area contributed by atoms with E-state index in [0.29, 0.717) is 17.0 Å². The Kier molecular flexibility index (Phi) is 8.16. The summed E-state index contributed by atoms with van der Waals surface area (Å²) in [5, 5.41) is 18.2. The van der Waals surface area contributed by atoms with Gasteiger partial charge < -0.3 is 19.7 Å². The fraction of sp³-hybridized carbons (Fsp3) is 0.417. The summed E-state index contributed by atoms with van der Waals surface area (Å²) in [4.78, 5) is 15.1. The van der Waals surface area contributed by atoms with Gasteiger partial charge in [0.15, 0.2) is 0 Å². The lowest BCUT2D eigenvalue weighted by molar-refractivity contribution is -0.137. The second kappa shape index (κ2) is 10.9. The number of benzene rings is 1. The van der Waals surface area contributed by atoms with E-state index < -0.39 is 22.1 Å². The van der Waals surface area contributed by atoms with Gasteiger partial charge in [-0.05, 0) is 56.0 Å². The molecule has 9 nitrogen and oxygen atoms in total. The Balaban J connectivity index is 2.11. The van der Waals surface area contributed by atoms with Gasteiger partial charge in [-0.3, -0.25) is 9.10 Å². The fourth-order valence-corrected chi connectivity index (χ4v) is 5.22. The summed E-state index contributed by atoms with van der Waals surface area (Å²) >= 11 is 0. The zero-order chi connectivity index (χ0) is 24.9. The monoisotopic (exact) mass is 490 g/mol. The number of hydrogen-bond donors (Lipinski definition) is 2. The number of rotatable bonds is 10. The van der Waals surface area contributed by atoms with Gasteiger partial charge >= 0.3 is 5.97 Å².